The van der Waals surface area contributed by atoms with Gasteiger partial charge in [0.25, 0.3) is 0 Å². The van der Waals surface area contributed by atoms with Crippen molar-refractivity contribution >= 4 is 0 Å². The van der Waals surface area contributed by atoms with Crippen LogP contribution < -0.4 is 10.5 Å². The molecule has 2 aromatic carbocycles. The van der Waals surface area contributed by atoms with Crippen molar-refractivity contribution in [1.29, 1.82) is 5.26 Å². The number of rotatable bonds is 2. The molecule has 0 saturated carbocycles. The standard InChI is InChI=1S/C18H14F4N2O.CH4/c19-12-6-11-2-3-13(9-24)25-17(11)15(7-12)14-5-10(8-23)1-4-16(14)18(20,21)22;/h1,4-7,13H,2-3,9,24H2;1H4/t13-;/m1./s1. The molecule has 1 aliphatic heterocycles. The summed E-state index contributed by atoms with van der Waals surface area (Å²) in [6.07, 6.45) is -3.96. The zero-order chi connectivity index (χ0) is 18.2. The van der Waals surface area contributed by atoms with Gasteiger partial charge in [0.1, 0.15) is 17.7 Å². The van der Waals surface area contributed by atoms with Gasteiger partial charge in [-0.25, -0.2) is 4.39 Å². The Labute approximate surface area is 149 Å². The third-order valence-electron chi connectivity index (χ3n) is 4.16. The van der Waals surface area contributed by atoms with Crippen molar-refractivity contribution in [3.63, 3.8) is 0 Å². The number of alkyl halides is 3. The third-order valence-corrected chi connectivity index (χ3v) is 4.16. The van der Waals surface area contributed by atoms with Crippen LogP contribution in [0.1, 0.15) is 30.5 Å². The van der Waals surface area contributed by atoms with E-state index in [0.717, 1.165) is 24.3 Å². The lowest BCUT2D eigenvalue weighted by Crippen LogP contribution is -2.30. The van der Waals surface area contributed by atoms with E-state index in [0.29, 0.717) is 18.4 Å². The van der Waals surface area contributed by atoms with Gasteiger partial charge in [0.2, 0.25) is 0 Å². The van der Waals surface area contributed by atoms with Crippen LogP contribution in [-0.4, -0.2) is 12.6 Å². The van der Waals surface area contributed by atoms with Gasteiger partial charge in [0, 0.05) is 12.1 Å². The molecule has 2 aromatic rings. The third kappa shape index (κ3) is 3.65. The molecule has 1 aliphatic rings. The molecule has 0 radical (unpaired) electrons. The normalized spacial score (nSPS) is 16.1. The summed E-state index contributed by atoms with van der Waals surface area (Å²) in [5, 5.41) is 9.02. The van der Waals surface area contributed by atoms with Gasteiger partial charge in [0.05, 0.1) is 17.2 Å². The fourth-order valence-corrected chi connectivity index (χ4v) is 2.97. The highest BCUT2D eigenvalue weighted by Gasteiger charge is 2.35. The number of aryl methyl sites for hydroxylation is 1. The first kappa shape index (κ1) is 19.7. The topological polar surface area (TPSA) is 59.0 Å². The second kappa shape index (κ2) is 7.34. The predicted octanol–water partition coefficient (Wildman–Crippen LogP) is 4.67. The molecule has 2 N–H and O–H groups in total. The number of ether oxygens (including phenoxy) is 1. The number of hydrogen-bond acceptors (Lipinski definition) is 3. The largest absolute Gasteiger partial charge is 0.488 e. The van der Waals surface area contributed by atoms with E-state index in [4.69, 9.17) is 15.7 Å². The van der Waals surface area contributed by atoms with E-state index < -0.39 is 17.6 Å². The molecule has 0 amide bonds. The van der Waals surface area contributed by atoms with E-state index in [1.165, 1.54) is 6.07 Å². The maximum Gasteiger partial charge on any atom is 0.417 e. The van der Waals surface area contributed by atoms with Crippen LogP contribution in [0.5, 0.6) is 5.75 Å². The summed E-state index contributed by atoms with van der Waals surface area (Å²) in [6, 6.07) is 7.09. The summed E-state index contributed by atoms with van der Waals surface area (Å²) in [6.45, 7) is 0.209. The number of nitrogens with two attached hydrogens (primary N) is 1. The van der Waals surface area contributed by atoms with E-state index in [-0.39, 0.29) is 42.5 Å². The summed E-state index contributed by atoms with van der Waals surface area (Å²) < 4.78 is 59.9. The quantitative estimate of drug-likeness (QED) is 0.786. The van der Waals surface area contributed by atoms with Crippen molar-refractivity contribution < 1.29 is 22.3 Å². The van der Waals surface area contributed by atoms with Crippen LogP contribution in [0, 0.1) is 17.1 Å². The van der Waals surface area contributed by atoms with Gasteiger partial charge in [-0.3, -0.25) is 0 Å². The predicted molar refractivity (Wildman–Crippen MR) is 90.1 cm³/mol. The van der Waals surface area contributed by atoms with Gasteiger partial charge in [-0.1, -0.05) is 7.43 Å². The molecule has 1 heterocycles. The minimum absolute atomic E-state index is 0. The number of fused-ring (bicyclic) bond motifs is 1. The van der Waals surface area contributed by atoms with Gasteiger partial charge in [0.15, 0.2) is 0 Å². The SMILES string of the molecule is C.N#Cc1ccc(C(F)(F)F)c(-c2cc(F)cc3c2O[C@@H](CN)CC3)c1. The molecule has 0 aliphatic carbocycles. The Bertz CT molecular complexity index is 856. The van der Waals surface area contributed by atoms with Gasteiger partial charge in [-0.2, -0.15) is 18.4 Å². The van der Waals surface area contributed by atoms with E-state index in [1.807, 2.05) is 6.07 Å². The fourth-order valence-electron chi connectivity index (χ4n) is 2.97. The fraction of sp³-hybridized carbons (Fsp3) is 0.316. The maximum atomic E-state index is 14.0. The molecule has 138 valence electrons. The minimum Gasteiger partial charge on any atom is -0.488 e. The molecule has 7 heteroatoms. The molecule has 0 spiro atoms. The first-order chi connectivity index (χ1) is 11.8. The summed E-state index contributed by atoms with van der Waals surface area (Å²) in [5.74, 6) is -0.456. The van der Waals surface area contributed by atoms with E-state index in [2.05, 4.69) is 0 Å². The Morgan fingerprint density at radius 3 is 2.54 bits per heavy atom. The van der Waals surface area contributed by atoms with Crippen LogP contribution in [0.25, 0.3) is 11.1 Å². The van der Waals surface area contributed by atoms with E-state index >= 15 is 0 Å². The Morgan fingerprint density at radius 1 is 1.19 bits per heavy atom. The molecule has 26 heavy (non-hydrogen) atoms. The van der Waals surface area contributed by atoms with Crippen molar-refractivity contribution in [1.82, 2.24) is 0 Å². The van der Waals surface area contributed by atoms with Gasteiger partial charge >= 0.3 is 6.18 Å². The van der Waals surface area contributed by atoms with Gasteiger partial charge in [-0.05, 0) is 54.3 Å². The Balaban J connectivity index is 0.00000243. The zero-order valence-corrected chi connectivity index (χ0v) is 13.0. The molecular weight excluding hydrogens is 348 g/mol. The van der Waals surface area contributed by atoms with Crippen LogP contribution in [-0.2, 0) is 12.6 Å². The van der Waals surface area contributed by atoms with Crippen molar-refractivity contribution in [2.75, 3.05) is 6.54 Å². The van der Waals surface area contributed by atoms with Crippen LogP contribution in [0.4, 0.5) is 17.6 Å². The summed E-state index contributed by atoms with van der Waals surface area (Å²) in [4.78, 5) is 0. The lowest BCUT2D eigenvalue weighted by molar-refractivity contribution is -0.137. The molecule has 1 atom stereocenters. The Hall–Kier alpha value is -2.59. The number of benzene rings is 2. The summed E-state index contributed by atoms with van der Waals surface area (Å²) >= 11 is 0. The molecule has 0 fully saturated rings. The molecule has 0 saturated heterocycles. The Morgan fingerprint density at radius 2 is 1.92 bits per heavy atom. The zero-order valence-electron chi connectivity index (χ0n) is 13.0. The van der Waals surface area contributed by atoms with Crippen LogP contribution in [0.15, 0.2) is 30.3 Å². The van der Waals surface area contributed by atoms with E-state index in [9.17, 15) is 17.6 Å². The smallest absolute Gasteiger partial charge is 0.417 e. The highest BCUT2D eigenvalue weighted by Crippen LogP contribution is 2.44. The Kier molecular flexibility index (Phi) is 5.57. The number of hydrogen-bond donors (Lipinski definition) is 1. The monoisotopic (exact) mass is 366 g/mol. The first-order valence-electron chi connectivity index (χ1n) is 7.64. The summed E-state index contributed by atoms with van der Waals surface area (Å²) in [7, 11) is 0. The van der Waals surface area contributed by atoms with Crippen molar-refractivity contribution in [2.24, 2.45) is 5.73 Å². The molecule has 3 nitrogen and oxygen atoms in total. The highest BCUT2D eigenvalue weighted by atomic mass is 19.4. The van der Waals surface area contributed by atoms with E-state index in [1.54, 1.807) is 0 Å². The maximum absolute atomic E-state index is 14.0. The highest BCUT2D eigenvalue weighted by molar-refractivity contribution is 5.77. The molecule has 0 aromatic heterocycles. The minimum atomic E-state index is -4.65. The molecular formula is C19H18F4N2O. The average Bonchev–Trinajstić information content (AvgIpc) is 2.59. The van der Waals surface area contributed by atoms with Crippen molar-refractivity contribution in [3.8, 4) is 22.9 Å². The lowest BCUT2D eigenvalue weighted by Gasteiger charge is -2.28. The summed E-state index contributed by atoms with van der Waals surface area (Å²) in [5.41, 5.74) is 4.91. The van der Waals surface area contributed by atoms with Crippen LogP contribution >= 0.6 is 0 Å². The number of halogens is 4. The molecule has 0 unspecified atom stereocenters. The van der Waals surface area contributed by atoms with Crippen molar-refractivity contribution in [3.05, 3.63) is 52.8 Å². The lowest BCUT2D eigenvalue weighted by atomic mass is 9.91. The number of nitriles is 1. The van der Waals surface area contributed by atoms with Crippen LogP contribution in [0.3, 0.4) is 0 Å². The number of nitrogens with zero attached hydrogens (tertiary/aromatic N) is 1. The second-order valence-corrected chi connectivity index (χ2v) is 5.83. The molecule has 0 bridgehead atoms. The molecule has 3 rings (SSSR count). The van der Waals surface area contributed by atoms with Crippen molar-refractivity contribution in [2.45, 2.75) is 32.5 Å². The second-order valence-electron chi connectivity index (χ2n) is 5.83. The average molecular weight is 366 g/mol. The first-order valence-corrected chi connectivity index (χ1v) is 7.64. The van der Waals surface area contributed by atoms with Gasteiger partial charge in [-0.15, -0.1) is 0 Å². The van der Waals surface area contributed by atoms with Crippen LogP contribution in [0.2, 0.25) is 0 Å². The van der Waals surface area contributed by atoms with Gasteiger partial charge < -0.3 is 10.5 Å².